The lowest BCUT2D eigenvalue weighted by Crippen LogP contribution is -2.47. The third-order valence-corrected chi connectivity index (χ3v) is 6.76. The molecule has 8 nitrogen and oxygen atoms in total. The minimum Gasteiger partial charge on any atom is -0.497 e. The van der Waals surface area contributed by atoms with Gasteiger partial charge in [0.05, 0.1) is 12.0 Å². The predicted octanol–water partition coefficient (Wildman–Crippen LogP) is 1.71. The van der Waals surface area contributed by atoms with Gasteiger partial charge in [-0.15, -0.1) is 0 Å². The lowest BCUT2D eigenvalue weighted by Gasteiger charge is -2.31. The topological polar surface area (TPSA) is 113 Å². The van der Waals surface area contributed by atoms with Gasteiger partial charge in [-0.05, 0) is 49.4 Å². The van der Waals surface area contributed by atoms with E-state index in [-0.39, 0.29) is 29.8 Å². The molecule has 1 amide bonds. The zero-order valence-electron chi connectivity index (χ0n) is 16.4. The molecule has 0 bridgehead atoms. The van der Waals surface area contributed by atoms with Gasteiger partial charge in [-0.25, -0.2) is 13.2 Å². The van der Waals surface area contributed by atoms with Crippen molar-refractivity contribution in [1.82, 2.24) is 9.62 Å². The van der Waals surface area contributed by atoms with Gasteiger partial charge in [-0.1, -0.05) is 13.8 Å². The Kier molecular flexibility index (Phi) is 7.42. The Morgan fingerprint density at radius 2 is 1.79 bits per heavy atom. The third kappa shape index (κ3) is 5.45. The van der Waals surface area contributed by atoms with Crippen molar-refractivity contribution < 1.29 is 27.9 Å². The maximum atomic E-state index is 12.8. The summed E-state index contributed by atoms with van der Waals surface area (Å²) < 4.78 is 31.9. The highest BCUT2D eigenvalue weighted by molar-refractivity contribution is 7.89. The molecule has 1 atom stereocenters. The number of methoxy groups -OCH3 is 1. The van der Waals surface area contributed by atoms with Crippen LogP contribution < -0.4 is 10.1 Å². The van der Waals surface area contributed by atoms with E-state index in [0.29, 0.717) is 25.0 Å². The summed E-state index contributed by atoms with van der Waals surface area (Å²) >= 11 is 0. The second kappa shape index (κ2) is 9.38. The molecule has 1 aliphatic heterocycles. The number of ether oxygens (including phenoxy) is 1. The summed E-state index contributed by atoms with van der Waals surface area (Å²) in [7, 11) is -2.13. The highest BCUT2D eigenvalue weighted by Crippen LogP contribution is 2.25. The Bertz CT molecular complexity index is 783. The quantitative estimate of drug-likeness (QED) is 0.672. The lowest BCUT2D eigenvalue weighted by atomic mass is 9.96. The minimum atomic E-state index is -3.64. The van der Waals surface area contributed by atoms with Crippen LogP contribution in [0.5, 0.6) is 5.75 Å². The predicted molar refractivity (Wildman–Crippen MR) is 103 cm³/mol. The third-order valence-electron chi connectivity index (χ3n) is 4.84. The van der Waals surface area contributed by atoms with Gasteiger partial charge in [0.1, 0.15) is 11.8 Å². The molecule has 1 aromatic carbocycles. The van der Waals surface area contributed by atoms with E-state index in [1.165, 1.54) is 23.5 Å². The van der Waals surface area contributed by atoms with E-state index in [4.69, 9.17) is 4.74 Å². The number of amides is 1. The van der Waals surface area contributed by atoms with Crippen molar-refractivity contribution in [2.24, 2.45) is 11.8 Å². The summed E-state index contributed by atoms with van der Waals surface area (Å²) in [5, 5.41) is 11.9. The molecule has 0 saturated carbocycles. The van der Waals surface area contributed by atoms with E-state index < -0.39 is 28.0 Å². The molecular formula is C19H28N2O6S. The maximum Gasteiger partial charge on any atom is 0.326 e. The Morgan fingerprint density at radius 3 is 2.25 bits per heavy atom. The van der Waals surface area contributed by atoms with Crippen LogP contribution in [0.4, 0.5) is 0 Å². The Labute approximate surface area is 165 Å². The van der Waals surface area contributed by atoms with Crippen molar-refractivity contribution in [3.8, 4) is 5.75 Å². The summed E-state index contributed by atoms with van der Waals surface area (Å²) in [6.07, 6.45) is 1.07. The maximum absolute atomic E-state index is 12.8. The number of hydrogen-bond donors (Lipinski definition) is 2. The van der Waals surface area contributed by atoms with Crippen molar-refractivity contribution in [3.05, 3.63) is 24.3 Å². The number of carbonyl (C=O) groups is 2. The van der Waals surface area contributed by atoms with Crippen LogP contribution in [0.15, 0.2) is 29.2 Å². The lowest BCUT2D eigenvalue weighted by molar-refractivity contribution is -0.143. The average Bonchev–Trinajstić information content (AvgIpc) is 2.67. The molecule has 156 valence electrons. The molecule has 1 saturated heterocycles. The van der Waals surface area contributed by atoms with E-state index in [9.17, 15) is 23.1 Å². The van der Waals surface area contributed by atoms with Crippen molar-refractivity contribution in [2.75, 3.05) is 20.2 Å². The van der Waals surface area contributed by atoms with Crippen LogP contribution in [-0.2, 0) is 19.6 Å². The summed E-state index contributed by atoms with van der Waals surface area (Å²) in [6, 6.07) is 5.25. The van der Waals surface area contributed by atoms with E-state index in [2.05, 4.69) is 5.32 Å². The monoisotopic (exact) mass is 412 g/mol. The molecule has 0 aromatic heterocycles. The highest BCUT2D eigenvalue weighted by atomic mass is 32.2. The number of carboxylic acids is 1. The van der Waals surface area contributed by atoms with E-state index in [0.717, 1.165) is 0 Å². The van der Waals surface area contributed by atoms with Crippen molar-refractivity contribution >= 4 is 21.9 Å². The summed E-state index contributed by atoms with van der Waals surface area (Å²) in [4.78, 5) is 23.9. The molecule has 9 heteroatoms. The first-order valence-corrected chi connectivity index (χ1v) is 10.8. The molecule has 0 unspecified atom stereocenters. The number of sulfonamides is 1. The summed E-state index contributed by atoms with van der Waals surface area (Å²) in [5.41, 5.74) is 0. The van der Waals surface area contributed by atoms with Crippen LogP contribution in [-0.4, -0.2) is 55.9 Å². The van der Waals surface area contributed by atoms with Crippen molar-refractivity contribution in [1.29, 1.82) is 0 Å². The van der Waals surface area contributed by atoms with Crippen LogP contribution in [0.1, 0.15) is 33.1 Å². The number of rotatable bonds is 8. The van der Waals surface area contributed by atoms with E-state index in [1.807, 2.05) is 13.8 Å². The van der Waals surface area contributed by atoms with Gasteiger partial charge < -0.3 is 15.2 Å². The van der Waals surface area contributed by atoms with Crippen molar-refractivity contribution in [2.45, 2.75) is 44.0 Å². The molecule has 0 radical (unpaired) electrons. The number of benzene rings is 1. The molecular weight excluding hydrogens is 384 g/mol. The number of nitrogens with one attached hydrogen (secondary N) is 1. The highest BCUT2D eigenvalue weighted by Gasteiger charge is 2.33. The van der Waals surface area contributed by atoms with Crippen LogP contribution in [0, 0.1) is 11.8 Å². The fourth-order valence-corrected chi connectivity index (χ4v) is 4.71. The van der Waals surface area contributed by atoms with Gasteiger partial charge in [0.2, 0.25) is 15.9 Å². The number of aliphatic carboxylic acids is 1. The molecule has 1 aliphatic rings. The largest absolute Gasteiger partial charge is 0.497 e. The average molecular weight is 413 g/mol. The Morgan fingerprint density at radius 1 is 1.21 bits per heavy atom. The number of carboxylic acid groups (broad SMARTS) is 1. The fourth-order valence-electron chi connectivity index (χ4n) is 3.24. The molecule has 28 heavy (non-hydrogen) atoms. The molecule has 0 spiro atoms. The van der Waals surface area contributed by atoms with Crippen LogP contribution in [0.3, 0.4) is 0 Å². The normalized spacial score (nSPS) is 17.3. The first-order valence-electron chi connectivity index (χ1n) is 9.32. The van der Waals surface area contributed by atoms with Crippen LogP contribution in [0.2, 0.25) is 0 Å². The second-order valence-electron chi connectivity index (χ2n) is 7.38. The zero-order valence-corrected chi connectivity index (χ0v) is 17.2. The number of piperidine rings is 1. The number of carbonyl (C=O) groups excluding carboxylic acids is 1. The molecule has 2 rings (SSSR count). The molecule has 2 N–H and O–H groups in total. The first kappa shape index (κ1) is 22.2. The molecule has 1 aromatic rings. The minimum absolute atomic E-state index is 0.137. The molecule has 1 fully saturated rings. The van der Waals surface area contributed by atoms with Crippen LogP contribution in [0.25, 0.3) is 0 Å². The fraction of sp³-hybridized carbons (Fsp3) is 0.579. The van der Waals surface area contributed by atoms with E-state index >= 15 is 0 Å². The number of nitrogens with zero attached hydrogens (tertiary/aromatic N) is 1. The standard InChI is InChI=1S/C19H28N2O6S/c1-13(2)12-17(19(23)24)20-18(22)14-8-10-21(11-9-14)28(25,26)16-6-4-15(27-3)5-7-16/h4-7,13-14,17H,8-12H2,1-3H3,(H,20,22)(H,23,24)/t17-/m1/s1. The van der Waals surface area contributed by atoms with Gasteiger partial charge >= 0.3 is 5.97 Å². The molecule has 1 heterocycles. The van der Waals surface area contributed by atoms with Crippen molar-refractivity contribution in [3.63, 3.8) is 0 Å². The van der Waals surface area contributed by atoms with Gasteiger partial charge in [0.15, 0.2) is 0 Å². The van der Waals surface area contributed by atoms with Gasteiger partial charge in [0, 0.05) is 19.0 Å². The smallest absolute Gasteiger partial charge is 0.326 e. The van der Waals surface area contributed by atoms with Gasteiger partial charge in [-0.2, -0.15) is 4.31 Å². The molecule has 0 aliphatic carbocycles. The Hall–Kier alpha value is -2.13. The van der Waals surface area contributed by atoms with E-state index in [1.54, 1.807) is 12.1 Å². The number of hydrogen-bond acceptors (Lipinski definition) is 5. The Balaban J connectivity index is 1.97. The van der Waals surface area contributed by atoms with Gasteiger partial charge in [-0.3, -0.25) is 4.79 Å². The SMILES string of the molecule is COc1ccc(S(=O)(=O)N2CCC(C(=O)N[C@H](CC(C)C)C(=O)O)CC2)cc1. The first-order chi connectivity index (χ1) is 13.1. The van der Waals surface area contributed by atoms with Crippen LogP contribution >= 0.6 is 0 Å². The second-order valence-corrected chi connectivity index (χ2v) is 9.32. The summed E-state index contributed by atoms with van der Waals surface area (Å²) in [5.74, 6) is -1.06. The summed E-state index contributed by atoms with van der Waals surface area (Å²) in [6.45, 7) is 4.22. The zero-order chi connectivity index (χ0) is 20.9. The van der Waals surface area contributed by atoms with Gasteiger partial charge in [0.25, 0.3) is 0 Å².